The van der Waals surface area contributed by atoms with Crippen LogP contribution in [0.25, 0.3) is 0 Å². The third kappa shape index (κ3) is 5.91. The lowest BCUT2D eigenvalue weighted by Crippen LogP contribution is -2.32. The molecule has 27 heavy (non-hydrogen) atoms. The van der Waals surface area contributed by atoms with Gasteiger partial charge in [-0.3, -0.25) is 4.79 Å². The minimum atomic E-state index is -0.571. The van der Waals surface area contributed by atoms with Gasteiger partial charge in [-0.25, -0.2) is 4.79 Å². The van der Waals surface area contributed by atoms with Gasteiger partial charge in [0, 0.05) is 6.07 Å². The van der Waals surface area contributed by atoms with Gasteiger partial charge in [-0.1, -0.05) is 30.3 Å². The van der Waals surface area contributed by atoms with Gasteiger partial charge < -0.3 is 24.8 Å². The zero-order valence-electron chi connectivity index (χ0n) is 15.7. The molecule has 0 bridgehead atoms. The van der Waals surface area contributed by atoms with Gasteiger partial charge in [0.15, 0.2) is 0 Å². The van der Waals surface area contributed by atoms with E-state index < -0.39 is 12.1 Å². The molecule has 0 aromatic heterocycles. The summed E-state index contributed by atoms with van der Waals surface area (Å²) in [6.45, 7) is 1.97. The molecule has 2 aromatic rings. The summed E-state index contributed by atoms with van der Waals surface area (Å²) in [6.07, 6.45) is -0.540. The first-order valence-corrected chi connectivity index (χ1v) is 8.57. The van der Waals surface area contributed by atoms with Crippen LogP contribution in [0.4, 0.5) is 10.5 Å². The second-order valence-electron chi connectivity index (χ2n) is 5.65. The van der Waals surface area contributed by atoms with Gasteiger partial charge in [0.1, 0.15) is 11.5 Å². The number of hydrogen-bond acceptors (Lipinski definition) is 5. The fourth-order valence-electron chi connectivity index (χ4n) is 2.55. The van der Waals surface area contributed by atoms with Gasteiger partial charge in [-0.05, 0) is 24.6 Å². The number of carbonyl (C=O) groups excluding carboxylic acids is 2. The number of benzene rings is 2. The van der Waals surface area contributed by atoms with Crippen molar-refractivity contribution in [2.45, 2.75) is 19.4 Å². The van der Waals surface area contributed by atoms with Crippen LogP contribution in [0, 0.1) is 0 Å². The van der Waals surface area contributed by atoms with Crippen LogP contribution in [-0.2, 0) is 9.53 Å². The van der Waals surface area contributed by atoms with E-state index in [-0.39, 0.29) is 18.9 Å². The Morgan fingerprint density at radius 3 is 2.41 bits per heavy atom. The molecule has 0 radical (unpaired) electrons. The van der Waals surface area contributed by atoms with Gasteiger partial charge in [-0.2, -0.15) is 0 Å². The number of rotatable bonds is 8. The minimum Gasteiger partial charge on any atom is -0.497 e. The van der Waals surface area contributed by atoms with E-state index in [9.17, 15) is 9.59 Å². The lowest BCUT2D eigenvalue weighted by Gasteiger charge is -2.19. The van der Waals surface area contributed by atoms with Gasteiger partial charge in [0.05, 0.1) is 39.0 Å². The lowest BCUT2D eigenvalue weighted by atomic mass is 10.0. The second-order valence-corrected chi connectivity index (χ2v) is 5.65. The molecule has 0 aliphatic heterocycles. The number of methoxy groups -OCH3 is 2. The first-order chi connectivity index (χ1) is 13.1. The minimum absolute atomic E-state index is 0.0309. The standard InChI is InChI=1S/C20H24N2O5/c1-4-27-20(24)22-16(14-8-6-5-7-9-14)13-19(23)21-17-12-15(25-2)10-11-18(17)26-3/h5-12,16H,4,13H2,1-3H3,(H,21,23)(H,22,24)/t16-/m1/s1. The van der Waals surface area contributed by atoms with E-state index >= 15 is 0 Å². The van der Waals surface area contributed by atoms with Crippen molar-refractivity contribution < 1.29 is 23.8 Å². The van der Waals surface area contributed by atoms with Crippen molar-refractivity contribution in [3.63, 3.8) is 0 Å². The highest BCUT2D eigenvalue weighted by molar-refractivity contribution is 5.93. The van der Waals surface area contributed by atoms with Crippen LogP contribution in [0.2, 0.25) is 0 Å². The van der Waals surface area contributed by atoms with Gasteiger partial charge >= 0.3 is 6.09 Å². The number of alkyl carbamates (subject to hydrolysis) is 1. The number of ether oxygens (including phenoxy) is 3. The fourth-order valence-corrected chi connectivity index (χ4v) is 2.55. The van der Waals surface area contributed by atoms with Gasteiger partial charge in [0.2, 0.25) is 5.91 Å². The summed E-state index contributed by atoms with van der Waals surface area (Å²) in [5.41, 5.74) is 1.29. The molecule has 0 heterocycles. The summed E-state index contributed by atoms with van der Waals surface area (Å²) >= 11 is 0. The summed E-state index contributed by atoms with van der Waals surface area (Å²) in [7, 11) is 3.06. The Morgan fingerprint density at radius 1 is 1.04 bits per heavy atom. The molecule has 0 saturated carbocycles. The molecular formula is C20H24N2O5. The summed E-state index contributed by atoms with van der Waals surface area (Å²) in [6, 6.07) is 13.8. The second kappa shape index (κ2) is 10.1. The maximum absolute atomic E-state index is 12.6. The van der Waals surface area contributed by atoms with Crippen LogP contribution >= 0.6 is 0 Å². The molecular weight excluding hydrogens is 348 g/mol. The molecule has 1 atom stereocenters. The van der Waals surface area contributed by atoms with Crippen molar-refractivity contribution in [1.82, 2.24) is 5.32 Å². The Balaban J connectivity index is 2.15. The van der Waals surface area contributed by atoms with Gasteiger partial charge in [0.25, 0.3) is 0 Å². The van der Waals surface area contributed by atoms with Crippen LogP contribution in [-0.4, -0.2) is 32.8 Å². The molecule has 2 aromatic carbocycles. The number of carbonyl (C=O) groups is 2. The first-order valence-electron chi connectivity index (χ1n) is 8.57. The third-order valence-electron chi connectivity index (χ3n) is 3.84. The Bertz CT molecular complexity index is 764. The van der Waals surface area contributed by atoms with Crippen LogP contribution in [0.15, 0.2) is 48.5 Å². The van der Waals surface area contributed by atoms with Crippen LogP contribution < -0.4 is 20.1 Å². The van der Waals surface area contributed by atoms with Crippen molar-refractivity contribution >= 4 is 17.7 Å². The van der Waals surface area contributed by atoms with Gasteiger partial charge in [-0.15, -0.1) is 0 Å². The molecule has 0 fully saturated rings. The van der Waals surface area contributed by atoms with Crippen molar-refractivity contribution in [2.24, 2.45) is 0 Å². The topological polar surface area (TPSA) is 85.9 Å². The lowest BCUT2D eigenvalue weighted by molar-refractivity contribution is -0.116. The largest absolute Gasteiger partial charge is 0.497 e. The number of amides is 2. The molecule has 2 rings (SSSR count). The van der Waals surface area contributed by atoms with E-state index in [0.717, 1.165) is 5.56 Å². The number of hydrogen-bond donors (Lipinski definition) is 2. The zero-order chi connectivity index (χ0) is 19.6. The molecule has 144 valence electrons. The maximum atomic E-state index is 12.6. The Morgan fingerprint density at radius 2 is 1.78 bits per heavy atom. The predicted molar refractivity (Wildman–Crippen MR) is 102 cm³/mol. The summed E-state index contributed by atoms with van der Waals surface area (Å²) in [5.74, 6) is 0.821. The quantitative estimate of drug-likeness (QED) is 0.740. The van der Waals surface area contributed by atoms with Crippen molar-refractivity contribution in [3.8, 4) is 11.5 Å². The van der Waals surface area contributed by atoms with Crippen LogP contribution in [0.5, 0.6) is 11.5 Å². The Labute approximate surface area is 158 Å². The first kappa shape index (κ1) is 20.1. The van der Waals surface area contributed by atoms with E-state index in [1.807, 2.05) is 30.3 Å². The molecule has 0 aliphatic carbocycles. The molecule has 7 heteroatoms. The number of anilines is 1. The smallest absolute Gasteiger partial charge is 0.407 e. The van der Waals surface area contributed by atoms with E-state index in [0.29, 0.717) is 17.2 Å². The number of nitrogens with one attached hydrogen (secondary N) is 2. The van der Waals surface area contributed by atoms with Crippen molar-refractivity contribution in [1.29, 1.82) is 0 Å². The Kier molecular flexibility index (Phi) is 7.49. The summed E-state index contributed by atoms with van der Waals surface area (Å²) in [5, 5.41) is 5.53. The van der Waals surface area contributed by atoms with E-state index in [4.69, 9.17) is 14.2 Å². The highest BCUT2D eigenvalue weighted by Gasteiger charge is 2.20. The third-order valence-corrected chi connectivity index (χ3v) is 3.84. The average molecular weight is 372 g/mol. The molecule has 0 saturated heterocycles. The Hall–Kier alpha value is -3.22. The molecule has 0 aliphatic rings. The zero-order valence-corrected chi connectivity index (χ0v) is 15.7. The fraction of sp³-hybridized carbons (Fsp3) is 0.300. The monoisotopic (exact) mass is 372 g/mol. The average Bonchev–Trinajstić information content (AvgIpc) is 2.68. The van der Waals surface area contributed by atoms with Crippen LogP contribution in [0.3, 0.4) is 0 Å². The molecule has 0 spiro atoms. The van der Waals surface area contributed by atoms with E-state index in [2.05, 4.69) is 10.6 Å². The molecule has 7 nitrogen and oxygen atoms in total. The van der Waals surface area contributed by atoms with E-state index in [1.165, 1.54) is 7.11 Å². The normalized spacial score (nSPS) is 11.2. The maximum Gasteiger partial charge on any atom is 0.407 e. The van der Waals surface area contributed by atoms with E-state index in [1.54, 1.807) is 32.2 Å². The van der Waals surface area contributed by atoms with Crippen molar-refractivity contribution in [2.75, 3.05) is 26.1 Å². The summed E-state index contributed by atoms with van der Waals surface area (Å²) < 4.78 is 15.4. The SMILES string of the molecule is CCOC(=O)N[C@H](CC(=O)Nc1cc(OC)ccc1OC)c1ccccc1. The highest BCUT2D eigenvalue weighted by Crippen LogP contribution is 2.29. The predicted octanol–water partition coefficient (Wildman–Crippen LogP) is 3.52. The molecule has 0 unspecified atom stereocenters. The highest BCUT2D eigenvalue weighted by atomic mass is 16.5. The molecule has 2 N–H and O–H groups in total. The molecule has 2 amide bonds. The van der Waals surface area contributed by atoms with Crippen molar-refractivity contribution in [3.05, 3.63) is 54.1 Å². The summed E-state index contributed by atoms with van der Waals surface area (Å²) in [4.78, 5) is 24.5. The van der Waals surface area contributed by atoms with Crippen LogP contribution in [0.1, 0.15) is 24.9 Å².